The maximum absolute atomic E-state index is 12.7. The largest absolute Gasteiger partial charge is 0.489 e. The molecule has 1 aliphatic carbocycles. The van der Waals surface area contributed by atoms with Crippen molar-refractivity contribution in [1.82, 2.24) is 15.5 Å². The fourth-order valence-electron chi connectivity index (χ4n) is 4.62. The van der Waals surface area contributed by atoms with E-state index in [1.165, 1.54) is 18.4 Å². The van der Waals surface area contributed by atoms with E-state index in [2.05, 4.69) is 27.8 Å². The molecule has 1 saturated heterocycles. The standard InChI is InChI=1S/C26H34N4O2/c1-27-26(29-23-15-16-30(18-23)25(31)20-9-5-6-10-20)28-17-21-11-7-8-12-22(21)19-32-24-13-3-2-4-14-24/h2-4,7-8,11-14,20,23H,5-6,9-10,15-19H2,1H3,(H2,27,28,29). The number of nitrogens with zero attached hydrogens (tertiary/aromatic N) is 2. The van der Waals surface area contributed by atoms with Gasteiger partial charge in [0.05, 0.1) is 0 Å². The molecule has 2 N–H and O–H groups in total. The van der Waals surface area contributed by atoms with Crippen LogP contribution in [-0.4, -0.2) is 42.9 Å². The SMILES string of the molecule is CN=C(NCc1ccccc1COc1ccccc1)NC1CCN(C(=O)C2CCCC2)C1. The second kappa shape index (κ2) is 11.0. The summed E-state index contributed by atoms with van der Waals surface area (Å²) >= 11 is 0. The Morgan fingerprint density at radius 1 is 1.03 bits per heavy atom. The molecule has 170 valence electrons. The van der Waals surface area contributed by atoms with Crippen molar-refractivity contribution >= 4 is 11.9 Å². The smallest absolute Gasteiger partial charge is 0.225 e. The Bertz CT molecular complexity index is 909. The molecule has 1 amide bonds. The summed E-state index contributed by atoms with van der Waals surface area (Å²) in [5.74, 6) is 2.23. The Hall–Kier alpha value is -3.02. The van der Waals surface area contributed by atoms with Crippen molar-refractivity contribution in [1.29, 1.82) is 0 Å². The van der Waals surface area contributed by atoms with Crippen LogP contribution in [0.15, 0.2) is 59.6 Å². The molecule has 1 saturated carbocycles. The highest BCUT2D eigenvalue weighted by molar-refractivity contribution is 5.81. The number of aliphatic imine (C=N–C) groups is 1. The van der Waals surface area contributed by atoms with Crippen LogP contribution in [-0.2, 0) is 17.9 Å². The Morgan fingerprint density at radius 3 is 2.50 bits per heavy atom. The third-order valence-corrected chi connectivity index (χ3v) is 6.47. The molecule has 2 fully saturated rings. The second-order valence-corrected chi connectivity index (χ2v) is 8.69. The zero-order chi connectivity index (χ0) is 22.2. The van der Waals surface area contributed by atoms with Crippen molar-refractivity contribution in [2.45, 2.75) is 51.3 Å². The number of hydrogen-bond donors (Lipinski definition) is 2. The molecule has 6 heteroatoms. The van der Waals surface area contributed by atoms with Gasteiger partial charge in [0, 0.05) is 38.6 Å². The van der Waals surface area contributed by atoms with Crippen molar-refractivity contribution in [3.8, 4) is 5.75 Å². The summed E-state index contributed by atoms with van der Waals surface area (Å²) in [5, 5.41) is 6.93. The summed E-state index contributed by atoms with van der Waals surface area (Å²) < 4.78 is 5.94. The Kier molecular flexibility index (Phi) is 7.64. The molecular formula is C26H34N4O2. The van der Waals surface area contributed by atoms with Gasteiger partial charge in [0.2, 0.25) is 5.91 Å². The zero-order valence-electron chi connectivity index (χ0n) is 18.9. The number of carbonyl (C=O) groups excluding carboxylic acids is 1. The molecule has 0 bridgehead atoms. The molecule has 1 unspecified atom stereocenters. The van der Waals surface area contributed by atoms with Crippen molar-refractivity contribution < 1.29 is 9.53 Å². The van der Waals surface area contributed by atoms with Crippen molar-refractivity contribution in [2.24, 2.45) is 10.9 Å². The average molecular weight is 435 g/mol. The zero-order valence-corrected chi connectivity index (χ0v) is 18.9. The number of amides is 1. The highest BCUT2D eigenvalue weighted by atomic mass is 16.5. The lowest BCUT2D eigenvalue weighted by molar-refractivity contribution is -0.134. The van der Waals surface area contributed by atoms with Crippen molar-refractivity contribution in [3.63, 3.8) is 0 Å². The van der Waals surface area contributed by atoms with Crippen LogP contribution in [0.5, 0.6) is 5.75 Å². The van der Waals surface area contributed by atoms with Gasteiger partial charge in [-0.3, -0.25) is 9.79 Å². The quantitative estimate of drug-likeness (QED) is 0.515. The fraction of sp³-hybridized carbons (Fsp3) is 0.462. The van der Waals surface area contributed by atoms with Crippen LogP contribution >= 0.6 is 0 Å². The van der Waals surface area contributed by atoms with Crippen LogP contribution in [0.3, 0.4) is 0 Å². The minimum Gasteiger partial charge on any atom is -0.489 e. The van der Waals surface area contributed by atoms with E-state index in [9.17, 15) is 4.79 Å². The minimum absolute atomic E-state index is 0.239. The molecule has 1 heterocycles. The molecule has 6 nitrogen and oxygen atoms in total. The van der Waals surface area contributed by atoms with Crippen LogP contribution in [0.1, 0.15) is 43.2 Å². The van der Waals surface area contributed by atoms with Gasteiger partial charge in [0.25, 0.3) is 0 Å². The van der Waals surface area contributed by atoms with E-state index >= 15 is 0 Å². The summed E-state index contributed by atoms with van der Waals surface area (Å²) in [5.41, 5.74) is 2.32. The monoisotopic (exact) mass is 434 g/mol. The number of benzene rings is 2. The molecule has 0 spiro atoms. The summed E-state index contributed by atoms with van der Waals surface area (Å²) in [6.07, 6.45) is 5.47. The number of likely N-dealkylation sites (tertiary alicyclic amines) is 1. The number of rotatable bonds is 7. The summed E-state index contributed by atoms with van der Waals surface area (Å²) in [6, 6.07) is 18.4. The van der Waals surface area contributed by atoms with Gasteiger partial charge in [-0.05, 0) is 42.5 Å². The molecule has 2 aliphatic rings. The van der Waals surface area contributed by atoms with Crippen LogP contribution in [0.25, 0.3) is 0 Å². The molecular weight excluding hydrogens is 400 g/mol. The van der Waals surface area contributed by atoms with Crippen molar-refractivity contribution in [2.75, 3.05) is 20.1 Å². The number of nitrogens with one attached hydrogen (secondary N) is 2. The first-order valence-electron chi connectivity index (χ1n) is 11.7. The van der Waals surface area contributed by atoms with Crippen LogP contribution in [0.4, 0.5) is 0 Å². The second-order valence-electron chi connectivity index (χ2n) is 8.69. The molecule has 0 aromatic heterocycles. The third kappa shape index (κ3) is 5.81. The van der Waals surface area contributed by atoms with E-state index in [1.807, 2.05) is 47.4 Å². The fourth-order valence-corrected chi connectivity index (χ4v) is 4.62. The molecule has 0 radical (unpaired) electrons. The van der Waals surface area contributed by atoms with Gasteiger partial charge in [-0.1, -0.05) is 55.3 Å². The van der Waals surface area contributed by atoms with Gasteiger partial charge < -0.3 is 20.3 Å². The highest BCUT2D eigenvalue weighted by Gasteiger charge is 2.32. The Labute approximate surface area is 191 Å². The lowest BCUT2D eigenvalue weighted by atomic mass is 10.1. The van der Waals surface area contributed by atoms with Gasteiger partial charge in [-0.25, -0.2) is 0 Å². The lowest BCUT2D eigenvalue weighted by Crippen LogP contribution is -2.45. The maximum Gasteiger partial charge on any atom is 0.225 e. The van der Waals surface area contributed by atoms with E-state index < -0.39 is 0 Å². The van der Waals surface area contributed by atoms with Crippen LogP contribution < -0.4 is 15.4 Å². The van der Waals surface area contributed by atoms with Gasteiger partial charge in [0.15, 0.2) is 5.96 Å². The van der Waals surface area contributed by atoms with Gasteiger partial charge >= 0.3 is 0 Å². The van der Waals surface area contributed by atoms with Gasteiger partial charge in [-0.15, -0.1) is 0 Å². The third-order valence-electron chi connectivity index (χ3n) is 6.47. The predicted molar refractivity (Wildman–Crippen MR) is 127 cm³/mol. The van der Waals surface area contributed by atoms with E-state index in [0.717, 1.165) is 49.6 Å². The molecule has 4 rings (SSSR count). The molecule has 32 heavy (non-hydrogen) atoms. The molecule has 2 aromatic carbocycles. The maximum atomic E-state index is 12.7. The van der Waals surface area contributed by atoms with E-state index in [-0.39, 0.29) is 12.0 Å². The first-order valence-corrected chi connectivity index (χ1v) is 11.7. The predicted octanol–water partition coefficient (Wildman–Crippen LogP) is 3.72. The topological polar surface area (TPSA) is 66.0 Å². The molecule has 2 aromatic rings. The number of ether oxygens (including phenoxy) is 1. The van der Waals surface area contributed by atoms with Gasteiger partial charge in [-0.2, -0.15) is 0 Å². The molecule has 1 atom stereocenters. The van der Waals surface area contributed by atoms with Crippen LogP contribution in [0.2, 0.25) is 0 Å². The summed E-state index contributed by atoms with van der Waals surface area (Å²) in [7, 11) is 1.79. The first kappa shape index (κ1) is 22.2. The number of para-hydroxylation sites is 1. The highest BCUT2D eigenvalue weighted by Crippen LogP contribution is 2.27. The Balaban J connectivity index is 1.27. The summed E-state index contributed by atoms with van der Waals surface area (Å²) in [4.78, 5) is 19.1. The lowest BCUT2D eigenvalue weighted by Gasteiger charge is -2.21. The summed E-state index contributed by atoms with van der Waals surface area (Å²) in [6.45, 7) is 2.78. The normalized spacial score (nSPS) is 19.2. The number of carbonyl (C=O) groups is 1. The van der Waals surface area contributed by atoms with Crippen molar-refractivity contribution in [3.05, 3.63) is 65.7 Å². The minimum atomic E-state index is 0.239. The van der Waals surface area contributed by atoms with Crippen LogP contribution in [0, 0.1) is 5.92 Å². The number of guanidine groups is 1. The molecule has 1 aliphatic heterocycles. The van der Waals surface area contributed by atoms with Gasteiger partial charge in [0.1, 0.15) is 12.4 Å². The van der Waals surface area contributed by atoms with E-state index in [4.69, 9.17) is 4.74 Å². The van der Waals surface area contributed by atoms with E-state index in [1.54, 1.807) is 7.05 Å². The Morgan fingerprint density at radius 2 is 1.75 bits per heavy atom. The van der Waals surface area contributed by atoms with E-state index in [0.29, 0.717) is 19.1 Å². The average Bonchev–Trinajstić information content (AvgIpc) is 3.54. The first-order chi connectivity index (χ1) is 15.7. The number of hydrogen-bond acceptors (Lipinski definition) is 3.